The van der Waals surface area contributed by atoms with Crippen LogP contribution in [-0.4, -0.2) is 29.3 Å². The molecule has 5 nitrogen and oxygen atoms in total. The van der Waals surface area contributed by atoms with E-state index in [1.54, 1.807) is 11.1 Å². The predicted octanol–water partition coefficient (Wildman–Crippen LogP) is 4.18. The normalized spacial score (nSPS) is 16.6. The fraction of sp³-hybridized carbons (Fsp3) is 0.556. The van der Waals surface area contributed by atoms with Crippen molar-refractivity contribution in [2.75, 3.05) is 13.1 Å². The molecule has 1 aromatic heterocycles. The van der Waals surface area contributed by atoms with Crippen LogP contribution in [0.5, 0.6) is 0 Å². The van der Waals surface area contributed by atoms with Gasteiger partial charge in [0.05, 0.1) is 5.69 Å². The van der Waals surface area contributed by atoms with Gasteiger partial charge < -0.3 is 9.36 Å². The number of benzene rings is 1. The second kappa shape index (κ2) is 7.75. The SMILES string of the molecule is CCCCCC(=O)ON1CCC(c2noc3cc(F)ccc23)CC1. The van der Waals surface area contributed by atoms with Crippen molar-refractivity contribution in [3.8, 4) is 0 Å². The van der Waals surface area contributed by atoms with E-state index in [9.17, 15) is 9.18 Å². The lowest BCUT2D eigenvalue weighted by atomic mass is 9.92. The second-order valence-corrected chi connectivity index (χ2v) is 6.33. The Bertz CT molecular complexity index is 693. The third-order valence-electron chi connectivity index (χ3n) is 4.52. The summed E-state index contributed by atoms with van der Waals surface area (Å²) in [6.07, 6.45) is 5.17. The maximum absolute atomic E-state index is 13.2. The molecule has 1 aromatic carbocycles. The lowest BCUT2D eigenvalue weighted by Gasteiger charge is -2.29. The summed E-state index contributed by atoms with van der Waals surface area (Å²) >= 11 is 0. The molecular formula is C18H23FN2O3. The molecule has 130 valence electrons. The van der Waals surface area contributed by atoms with E-state index in [0.717, 1.165) is 43.2 Å². The van der Waals surface area contributed by atoms with Gasteiger partial charge in [-0.2, -0.15) is 0 Å². The number of carbonyl (C=O) groups excluding carboxylic acids is 1. The van der Waals surface area contributed by atoms with Crippen molar-refractivity contribution in [1.82, 2.24) is 10.2 Å². The Kier molecular flexibility index (Phi) is 5.45. The number of hydroxylamine groups is 2. The summed E-state index contributed by atoms with van der Waals surface area (Å²) in [4.78, 5) is 17.2. The first-order valence-corrected chi connectivity index (χ1v) is 8.68. The van der Waals surface area contributed by atoms with Crippen LogP contribution in [0.25, 0.3) is 11.0 Å². The van der Waals surface area contributed by atoms with Crippen LogP contribution in [0.4, 0.5) is 4.39 Å². The molecule has 2 aromatic rings. The predicted molar refractivity (Wildman–Crippen MR) is 87.7 cm³/mol. The minimum Gasteiger partial charge on any atom is -0.368 e. The van der Waals surface area contributed by atoms with Gasteiger partial charge in [-0.1, -0.05) is 24.9 Å². The summed E-state index contributed by atoms with van der Waals surface area (Å²) in [5.74, 6) is -0.231. The highest BCUT2D eigenvalue weighted by molar-refractivity contribution is 5.79. The standard InChI is InChI=1S/C18H23FN2O3/c1-2-3-4-5-17(22)24-21-10-8-13(9-11-21)18-15-7-6-14(19)12-16(15)23-20-18/h6-7,12-13H,2-5,8-11H2,1H3. The zero-order chi connectivity index (χ0) is 16.9. The van der Waals surface area contributed by atoms with E-state index in [-0.39, 0.29) is 17.7 Å². The second-order valence-electron chi connectivity index (χ2n) is 6.33. The third-order valence-corrected chi connectivity index (χ3v) is 4.52. The van der Waals surface area contributed by atoms with Gasteiger partial charge in [-0.15, -0.1) is 5.06 Å². The van der Waals surface area contributed by atoms with E-state index in [4.69, 9.17) is 9.36 Å². The molecule has 0 amide bonds. The number of nitrogens with zero attached hydrogens (tertiary/aromatic N) is 2. The smallest absolute Gasteiger partial charge is 0.325 e. The minimum atomic E-state index is -0.324. The van der Waals surface area contributed by atoms with Crippen LogP contribution in [-0.2, 0) is 9.63 Å². The molecule has 24 heavy (non-hydrogen) atoms. The minimum absolute atomic E-state index is 0.149. The molecule has 3 rings (SSSR count). The van der Waals surface area contributed by atoms with Gasteiger partial charge in [0, 0.05) is 36.9 Å². The molecule has 2 heterocycles. The molecule has 6 heteroatoms. The average Bonchev–Trinajstić information content (AvgIpc) is 2.99. The van der Waals surface area contributed by atoms with Crippen LogP contribution in [0.15, 0.2) is 22.7 Å². The number of rotatable bonds is 6. The molecule has 1 aliphatic heterocycles. The van der Waals surface area contributed by atoms with E-state index in [2.05, 4.69) is 12.1 Å². The molecular weight excluding hydrogens is 311 g/mol. The Balaban J connectivity index is 1.54. The van der Waals surface area contributed by atoms with Crippen LogP contribution < -0.4 is 0 Å². The van der Waals surface area contributed by atoms with Crippen LogP contribution in [0, 0.1) is 5.82 Å². The van der Waals surface area contributed by atoms with E-state index in [1.165, 1.54) is 12.1 Å². The first-order valence-electron chi connectivity index (χ1n) is 8.68. The van der Waals surface area contributed by atoms with Gasteiger partial charge in [-0.05, 0) is 31.4 Å². The fourth-order valence-electron chi connectivity index (χ4n) is 3.15. The molecule has 0 spiro atoms. The lowest BCUT2D eigenvalue weighted by molar-refractivity contribution is -0.195. The maximum Gasteiger partial charge on any atom is 0.325 e. The summed E-state index contributed by atoms with van der Waals surface area (Å²) in [5.41, 5.74) is 1.36. The zero-order valence-electron chi connectivity index (χ0n) is 14.0. The van der Waals surface area contributed by atoms with Crippen molar-refractivity contribution in [2.24, 2.45) is 0 Å². The molecule has 1 fully saturated rings. The topological polar surface area (TPSA) is 55.6 Å². The lowest BCUT2D eigenvalue weighted by Crippen LogP contribution is -2.35. The fourth-order valence-corrected chi connectivity index (χ4v) is 3.15. The number of carbonyl (C=O) groups is 1. The van der Waals surface area contributed by atoms with Crippen molar-refractivity contribution in [3.63, 3.8) is 0 Å². The number of unbranched alkanes of at least 4 members (excludes halogenated alkanes) is 2. The Morgan fingerprint density at radius 1 is 1.38 bits per heavy atom. The highest BCUT2D eigenvalue weighted by Crippen LogP contribution is 2.32. The van der Waals surface area contributed by atoms with Gasteiger partial charge in [0.2, 0.25) is 0 Å². The number of fused-ring (bicyclic) bond motifs is 1. The Morgan fingerprint density at radius 3 is 2.92 bits per heavy atom. The van der Waals surface area contributed by atoms with Gasteiger partial charge in [0.15, 0.2) is 5.58 Å². The molecule has 0 bridgehead atoms. The first kappa shape index (κ1) is 16.9. The van der Waals surface area contributed by atoms with Gasteiger partial charge in [0.1, 0.15) is 5.82 Å². The van der Waals surface area contributed by atoms with Crippen LogP contribution in [0.3, 0.4) is 0 Å². The number of aromatic nitrogens is 1. The molecule has 1 saturated heterocycles. The summed E-state index contributed by atoms with van der Waals surface area (Å²) < 4.78 is 18.5. The molecule has 0 saturated carbocycles. The summed E-state index contributed by atoms with van der Waals surface area (Å²) in [6, 6.07) is 4.51. The van der Waals surface area contributed by atoms with Crippen molar-refractivity contribution in [3.05, 3.63) is 29.7 Å². The molecule has 0 atom stereocenters. The largest absolute Gasteiger partial charge is 0.368 e. The third kappa shape index (κ3) is 3.93. The van der Waals surface area contributed by atoms with E-state index in [1.807, 2.05) is 0 Å². The highest BCUT2D eigenvalue weighted by atomic mass is 19.1. The van der Waals surface area contributed by atoms with Crippen LogP contribution >= 0.6 is 0 Å². The van der Waals surface area contributed by atoms with E-state index in [0.29, 0.717) is 25.1 Å². The van der Waals surface area contributed by atoms with Crippen molar-refractivity contribution in [2.45, 2.75) is 51.4 Å². The number of hydrogen-bond donors (Lipinski definition) is 0. The highest BCUT2D eigenvalue weighted by Gasteiger charge is 2.26. The quantitative estimate of drug-likeness (QED) is 0.742. The number of hydrogen-bond acceptors (Lipinski definition) is 5. The number of halogens is 1. The van der Waals surface area contributed by atoms with Crippen LogP contribution in [0.2, 0.25) is 0 Å². The Hall–Kier alpha value is -1.95. The van der Waals surface area contributed by atoms with Gasteiger partial charge in [0.25, 0.3) is 0 Å². The Labute approximate surface area is 140 Å². The molecule has 0 unspecified atom stereocenters. The van der Waals surface area contributed by atoms with Crippen molar-refractivity contribution >= 4 is 16.9 Å². The summed E-state index contributed by atoms with van der Waals surface area (Å²) in [5, 5.41) is 6.74. The Morgan fingerprint density at radius 2 is 2.17 bits per heavy atom. The molecule has 0 radical (unpaired) electrons. The monoisotopic (exact) mass is 334 g/mol. The van der Waals surface area contributed by atoms with Crippen LogP contribution in [0.1, 0.15) is 57.1 Å². The first-order chi connectivity index (χ1) is 11.7. The maximum atomic E-state index is 13.2. The van der Waals surface area contributed by atoms with E-state index < -0.39 is 0 Å². The zero-order valence-corrected chi connectivity index (χ0v) is 14.0. The average molecular weight is 334 g/mol. The van der Waals surface area contributed by atoms with Gasteiger partial charge in [-0.25, -0.2) is 4.39 Å². The van der Waals surface area contributed by atoms with Gasteiger partial charge in [-0.3, -0.25) is 4.79 Å². The summed E-state index contributed by atoms with van der Waals surface area (Å²) in [6.45, 7) is 3.47. The molecule has 0 N–H and O–H groups in total. The van der Waals surface area contributed by atoms with E-state index >= 15 is 0 Å². The summed E-state index contributed by atoms with van der Waals surface area (Å²) in [7, 11) is 0. The van der Waals surface area contributed by atoms with Gasteiger partial charge >= 0.3 is 5.97 Å². The number of piperidine rings is 1. The van der Waals surface area contributed by atoms with Crippen molar-refractivity contribution < 1.29 is 18.5 Å². The molecule has 0 aliphatic carbocycles. The van der Waals surface area contributed by atoms with Crippen molar-refractivity contribution in [1.29, 1.82) is 0 Å². The molecule has 1 aliphatic rings.